The van der Waals surface area contributed by atoms with Crippen LogP contribution in [-0.4, -0.2) is 16.5 Å². The Balaban J connectivity index is 1.62. The van der Waals surface area contributed by atoms with E-state index >= 15 is 0 Å². The van der Waals surface area contributed by atoms with Crippen LogP contribution in [-0.2, 0) is 0 Å². The normalized spacial score (nSPS) is 16.9. The van der Waals surface area contributed by atoms with Crippen molar-refractivity contribution in [1.29, 1.82) is 0 Å². The van der Waals surface area contributed by atoms with Crippen molar-refractivity contribution in [3.63, 3.8) is 0 Å². The molecule has 19 heavy (non-hydrogen) atoms. The van der Waals surface area contributed by atoms with Gasteiger partial charge in [-0.3, -0.25) is 0 Å². The maximum atomic E-state index is 4.39. The molecule has 0 saturated heterocycles. The summed E-state index contributed by atoms with van der Waals surface area (Å²) in [5, 5.41) is 5.67. The van der Waals surface area contributed by atoms with Gasteiger partial charge < -0.3 is 5.32 Å². The fourth-order valence-electron chi connectivity index (χ4n) is 2.97. The molecule has 0 atom stereocenters. The second kappa shape index (κ2) is 5.87. The fourth-order valence-corrected chi connectivity index (χ4v) is 3.93. The van der Waals surface area contributed by atoms with Crippen molar-refractivity contribution < 1.29 is 0 Å². The van der Waals surface area contributed by atoms with Crippen molar-refractivity contribution in [1.82, 2.24) is 9.97 Å². The number of fused-ring (bicyclic) bond motifs is 1. The molecule has 2 aromatic heterocycles. The van der Waals surface area contributed by atoms with Crippen LogP contribution in [0.2, 0.25) is 0 Å². The van der Waals surface area contributed by atoms with Gasteiger partial charge in [0.1, 0.15) is 12.1 Å². The molecule has 3 nitrogen and oxygen atoms in total. The van der Waals surface area contributed by atoms with E-state index in [1.54, 1.807) is 17.7 Å². The van der Waals surface area contributed by atoms with Gasteiger partial charge in [0, 0.05) is 6.54 Å². The molecule has 0 bridgehead atoms. The Hall–Kier alpha value is -1.16. The molecule has 0 aromatic carbocycles. The Bertz CT molecular complexity index is 543. The summed E-state index contributed by atoms with van der Waals surface area (Å²) in [5.41, 5.74) is 2.35. The van der Waals surface area contributed by atoms with Gasteiger partial charge in [0.15, 0.2) is 0 Å². The van der Waals surface area contributed by atoms with E-state index in [0.29, 0.717) is 0 Å². The summed E-state index contributed by atoms with van der Waals surface area (Å²) in [5.74, 6) is 1.93. The lowest BCUT2D eigenvalue weighted by molar-refractivity contribution is 0.345. The minimum atomic E-state index is 0.920. The van der Waals surface area contributed by atoms with E-state index in [2.05, 4.69) is 27.6 Å². The highest BCUT2D eigenvalue weighted by Gasteiger charge is 2.13. The number of thiophene rings is 1. The lowest BCUT2D eigenvalue weighted by atomic mass is 9.87. The van der Waals surface area contributed by atoms with Gasteiger partial charge in [-0.05, 0) is 30.2 Å². The Morgan fingerprint density at radius 3 is 2.95 bits per heavy atom. The number of aromatic nitrogens is 2. The average Bonchev–Trinajstić information content (AvgIpc) is 2.83. The number of nitrogens with one attached hydrogen (secondary N) is 1. The monoisotopic (exact) mass is 275 g/mol. The smallest absolute Gasteiger partial charge is 0.147 e. The summed E-state index contributed by atoms with van der Waals surface area (Å²) >= 11 is 1.74. The zero-order valence-corrected chi connectivity index (χ0v) is 12.3. The van der Waals surface area contributed by atoms with Crippen LogP contribution in [0.15, 0.2) is 11.7 Å². The van der Waals surface area contributed by atoms with Crippen LogP contribution in [0.4, 0.5) is 5.82 Å². The molecule has 1 N–H and O–H groups in total. The van der Waals surface area contributed by atoms with Crippen molar-refractivity contribution in [2.24, 2.45) is 5.92 Å². The number of hydrogen-bond donors (Lipinski definition) is 1. The van der Waals surface area contributed by atoms with Gasteiger partial charge in [-0.2, -0.15) is 0 Å². The first-order valence-electron chi connectivity index (χ1n) is 7.27. The minimum Gasteiger partial charge on any atom is -0.369 e. The maximum Gasteiger partial charge on any atom is 0.147 e. The highest BCUT2D eigenvalue weighted by molar-refractivity contribution is 7.18. The van der Waals surface area contributed by atoms with Gasteiger partial charge in [0.05, 0.1) is 10.2 Å². The van der Waals surface area contributed by atoms with E-state index in [0.717, 1.165) is 23.8 Å². The summed E-state index contributed by atoms with van der Waals surface area (Å²) in [6, 6.07) is 0. The highest BCUT2D eigenvalue weighted by Crippen LogP contribution is 2.29. The maximum absolute atomic E-state index is 4.39. The molecule has 0 radical (unpaired) electrons. The second-order valence-corrected chi connectivity index (χ2v) is 6.42. The van der Waals surface area contributed by atoms with Gasteiger partial charge in [-0.1, -0.05) is 32.1 Å². The van der Waals surface area contributed by atoms with Crippen LogP contribution in [0.25, 0.3) is 10.2 Å². The topological polar surface area (TPSA) is 37.8 Å². The van der Waals surface area contributed by atoms with Crippen LogP contribution >= 0.6 is 11.3 Å². The summed E-state index contributed by atoms with van der Waals surface area (Å²) in [6.45, 7) is 3.14. The number of nitrogens with zero attached hydrogens (tertiary/aromatic N) is 2. The molecule has 1 aliphatic carbocycles. The molecular weight excluding hydrogens is 254 g/mol. The van der Waals surface area contributed by atoms with Gasteiger partial charge in [-0.15, -0.1) is 11.3 Å². The zero-order valence-electron chi connectivity index (χ0n) is 11.5. The SMILES string of the molecule is Cc1csc2c(NCCC3CCCCC3)ncnc12. The molecule has 1 aliphatic rings. The van der Waals surface area contributed by atoms with E-state index in [4.69, 9.17) is 0 Å². The molecule has 2 heterocycles. The van der Waals surface area contributed by atoms with Crippen LogP contribution in [0.3, 0.4) is 0 Å². The van der Waals surface area contributed by atoms with Gasteiger partial charge >= 0.3 is 0 Å². The van der Waals surface area contributed by atoms with Crippen molar-refractivity contribution in [2.45, 2.75) is 45.4 Å². The standard InChI is InChI=1S/C15H21N3S/c1-11-9-19-14-13(11)17-10-18-15(14)16-8-7-12-5-3-2-4-6-12/h9-10,12H,2-8H2,1H3,(H,16,17,18). The number of rotatable bonds is 4. The third-order valence-electron chi connectivity index (χ3n) is 4.10. The lowest BCUT2D eigenvalue weighted by Gasteiger charge is -2.21. The number of anilines is 1. The number of aryl methyl sites for hydroxylation is 1. The summed E-state index contributed by atoms with van der Waals surface area (Å²) < 4.78 is 1.20. The summed E-state index contributed by atoms with van der Waals surface area (Å²) in [4.78, 5) is 8.75. The summed E-state index contributed by atoms with van der Waals surface area (Å²) in [6.07, 6.45) is 10.1. The average molecular weight is 275 g/mol. The van der Waals surface area contributed by atoms with Crippen LogP contribution in [0.5, 0.6) is 0 Å². The molecule has 0 amide bonds. The first-order valence-corrected chi connectivity index (χ1v) is 8.15. The Labute approximate surface area is 118 Å². The Morgan fingerprint density at radius 1 is 1.26 bits per heavy atom. The molecule has 0 spiro atoms. The Kier molecular flexibility index (Phi) is 3.97. The molecule has 0 unspecified atom stereocenters. The second-order valence-electron chi connectivity index (χ2n) is 5.54. The molecule has 2 aromatic rings. The zero-order chi connectivity index (χ0) is 13.1. The predicted octanol–water partition coefficient (Wildman–Crippen LogP) is 4.38. The molecule has 0 aliphatic heterocycles. The van der Waals surface area contributed by atoms with Crippen LogP contribution < -0.4 is 5.32 Å². The van der Waals surface area contributed by atoms with Gasteiger partial charge in [-0.25, -0.2) is 9.97 Å². The van der Waals surface area contributed by atoms with E-state index < -0.39 is 0 Å². The third-order valence-corrected chi connectivity index (χ3v) is 5.19. The van der Waals surface area contributed by atoms with E-state index in [1.165, 1.54) is 48.8 Å². The van der Waals surface area contributed by atoms with E-state index in [9.17, 15) is 0 Å². The van der Waals surface area contributed by atoms with Crippen molar-refractivity contribution >= 4 is 27.4 Å². The van der Waals surface area contributed by atoms with Crippen molar-refractivity contribution in [2.75, 3.05) is 11.9 Å². The largest absolute Gasteiger partial charge is 0.369 e. The fraction of sp³-hybridized carbons (Fsp3) is 0.600. The highest BCUT2D eigenvalue weighted by atomic mass is 32.1. The minimum absolute atomic E-state index is 0.920. The summed E-state index contributed by atoms with van der Waals surface area (Å²) in [7, 11) is 0. The van der Waals surface area contributed by atoms with Crippen molar-refractivity contribution in [3.05, 3.63) is 17.3 Å². The first-order chi connectivity index (χ1) is 9.34. The predicted molar refractivity (Wildman–Crippen MR) is 81.8 cm³/mol. The van der Waals surface area contributed by atoms with Gasteiger partial charge in [0.2, 0.25) is 0 Å². The lowest BCUT2D eigenvalue weighted by Crippen LogP contribution is -2.12. The number of hydrogen-bond acceptors (Lipinski definition) is 4. The van der Waals surface area contributed by atoms with E-state index in [1.807, 2.05) is 0 Å². The van der Waals surface area contributed by atoms with Gasteiger partial charge in [0.25, 0.3) is 0 Å². The molecular formula is C15H21N3S. The molecule has 102 valence electrons. The van der Waals surface area contributed by atoms with Crippen LogP contribution in [0.1, 0.15) is 44.1 Å². The third kappa shape index (κ3) is 2.89. The molecule has 3 rings (SSSR count). The first kappa shape index (κ1) is 12.9. The molecule has 1 saturated carbocycles. The quantitative estimate of drug-likeness (QED) is 0.899. The van der Waals surface area contributed by atoms with Crippen molar-refractivity contribution in [3.8, 4) is 0 Å². The van der Waals surface area contributed by atoms with E-state index in [-0.39, 0.29) is 0 Å². The molecule has 1 fully saturated rings. The molecule has 4 heteroatoms. The Morgan fingerprint density at radius 2 is 2.11 bits per heavy atom. The van der Waals surface area contributed by atoms with Crippen LogP contribution in [0, 0.1) is 12.8 Å².